The summed E-state index contributed by atoms with van der Waals surface area (Å²) >= 11 is 0. The molecule has 0 bridgehead atoms. The van der Waals surface area contributed by atoms with Gasteiger partial charge in [-0.1, -0.05) is 0 Å². The van der Waals surface area contributed by atoms with Crippen LogP contribution in [0.15, 0.2) is 42.9 Å². The maximum Gasteiger partial charge on any atom is 0.224 e. The summed E-state index contributed by atoms with van der Waals surface area (Å²) in [5.74, 6) is -0.298. The van der Waals surface area contributed by atoms with Crippen LogP contribution in [0.3, 0.4) is 0 Å². The predicted molar refractivity (Wildman–Crippen MR) is 60.0 cm³/mol. The van der Waals surface area contributed by atoms with E-state index in [4.69, 9.17) is 0 Å². The molecule has 84 valence electrons. The van der Waals surface area contributed by atoms with E-state index in [1.807, 2.05) is 0 Å². The van der Waals surface area contributed by atoms with E-state index >= 15 is 0 Å². The number of imidazole rings is 1. The molecule has 2 aromatic heterocycles. The molecule has 0 saturated carbocycles. The average molecular weight is 229 g/mol. The molecule has 0 radical (unpaired) electrons. The van der Waals surface area contributed by atoms with E-state index in [1.165, 1.54) is 16.5 Å². The minimum absolute atomic E-state index is 0.0222. The van der Waals surface area contributed by atoms with Crippen molar-refractivity contribution < 1.29 is 9.50 Å². The Labute approximate surface area is 96.0 Å². The summed E-state index contributed by atoms with van der Waals surface area (Å²) < 4.78 is 14.3. The highest BCUT2D eigenvalue weighted by Crippen LogP contribution is 2.28. The summed E-state index contributed by atoms with van der Waals surface area (Å²) in [6, 6.07) is 5.81. The van der Waals surface area contributed by atoms with Gasteiger partial charge in [0.2, 0.25) is 5.88 Å². The fraction of sp³-hybridized carbons (Fsp3) is 0. The van der Waals surface area contributed by atoms with Crippen molar-refractivity contribution in [1.29, 1.82) is 0 Å². The maximum absolute atomic E-state index is 12.8. The minimum atomic E-state index is -0.321. The molecule has 0 spiro atoms. The van der Waals surface area contributed by atoms with Gasteiger partial charge in [-0.3, -0.25) is 9.38 Å². The molecular weight excluding hydrogens is 221 g/mol. The highest BCUT2D eigenvalue weighted by molar-refractivity contribution is 5.68. The molecule has 2 heterocycles. The van der Waals surface area contributed by atoms with Crippen molar-refractivity contribution in [2.24, 2.45) is 0 Å². The second-order valence-electron chi connectivity index (χ2n) is 3.60. The third-order valence-electron chi connectivity index (χ3n) is 2.52. The van der Waals surface area contributed by atoms with Gasteiger partial charge >= 0.3 is 0 Å². The summed E-state index contributed by atoms with van der Waals surface area (Å²) in [5, 5.41) is 9.99. The fourth-order valence-electron chi connectivity index (χ4n) is 1.70. The molecule has 0 saturated heterocycles. The molecule has 0 amide bonds. The van der Waals surface area contributed by atoms with E-state index in [0.717, 1.165) is 0 Å². The van der Waals surface area contributed by atoms with E-state index in [0.29, 0.717) is 16.9 Å². The third kappa shape index (κ3) is 1.52. The van der Waals surface area contributed by atoms with Gasteiger partial charge in [-0.15, -0.1) is 0 Å². The van der Waals surface area contributed by atoms with Crippen LogP contribution in [0.25, 0.3) is 16.9 Å². The first-order chi connectivity index (χ1) is 8.25. The lowest BCUT2D eigenvalue weighted by atomic mass is 10.1. The zero-order chi connectivity index (χ0) is 11.8. The summed E-state index contributed by atoms with van der Waals surface area (Å²) in [6.07, 6.45) is 4.72. The Hall–Kier alpha value is -2.43. The van der Waals surface area contributed by atoms with Crippen LogP contribution >= 0.6 is 0 Å². The number of rotatable bonds is 1. The van der Waals surface area contributed by atoms with Crippen molar-refractivity contribution in [3.05, 3.63) is 48.7 Å². The van der Waals surface area contributed by atoms with Gasteiger partial charge in [0.05, 0.1) is 6.20 Å². The van der Waals surface area contributed by atoms with Gasteiger partial charge in [-0.05, 0) is 24.3 Å². The fourth-order valence-corrected chi connectivity index (χ4v) is 1.70. The van der Waals surface area contributed by atoms with Crippen LogP contribution < -0.4 is 0 Å². The lowest BCUT2D eigenvalue weighted by Gasteiger charge is -1.97. The first-order valence-electron chi connectivity index (χ1n) is 5.02. The normalized spacial score (nSPS) is 10.9. The van der Waals surface area contributed by atoms with Gasteiger partial charge in [0.15, 0.2) is 5.65 Å². The third-order valence-corrected chi connectivity index (χ3v) is 2.52. The lowest BCUT2D eigenvalue weighted by Crippen LogP contribution is -1.83. The molecule has 0 aliphatic carbocycles. The first-order valence-corrected chi connectivity index (χ1v) is 5.02. The van der Waals surface area contributed by atoms with Gasteiger partial charge in [0, 0.05) is 18.0 Å². The quantitative estimate of drug-likeness (QED) is 0.696. The van der Waals surface area contributed by atoms with Crippen molar-refractivity contribution in [3.8, 4) is 17.1 Å². The van der Waals surface area contributed by atoms with Crippen molar-refractivity contribution in [1.82, 2.24) is 14.4 Å². The predicted octanol–water partition coefficient (Wildman–Crippen LogP) is 2.24. The van der Waals surface area contributed by atoms with E-state index < -0.39 is 0 Å². The first kappa shape index (κ1) is 9.77. The van der Waals surface area contributed by atoms with Gasteiger partial charge < -0.3 is 5.11 Å². The molecule has 1 N–H and O–H groups in total. The molecule has 4 nitrogen and oxygen atoms in total. The Morgan fingerprint density at radius 2 is 1.94 bits per heavy atom. The van der Waals surface area contributed by atoms with Crippen LogP contribution in [-0.4, -0.2) is 19.5 Å². The molecule has 3 rings (SSSR count). The Balaban J connectivity index is 2.24. The zero-order valence-electron chi connectivity index (χ0n) is 8.71. The highest BCUT2D eigenvalue weighted by Gasteiger charge is 2.12. The zero-order valence-corrected chi connectivity index (χ0v) is 8.71. The molecular formula is C12H8FN3O. The number of aromatic hydroxyl groups is 1. The Bertz CT molecular complexity index is 676. The number of nitrogens with zero attached hydrogens (tertiary/aromatic N) is 3. The topological polar surface area (TPSA) is 50.4 Å². The van der Waals surface area contributed by atoms with Gasteiger partial charge in [-0.2, -0.15) is 0 Å². The van der Waals surface area contributed by atoms with Crippen LogP contribution in [0.2, 0.25) is 0 Å². The number of hydrogen-bond acceptors (Lipinski definition) is 3. The molecule has 3 aromatic rings. The van der Waals surface area contributed by atoms with Crippen LogP contribution in [0, 0.1) is 5.82 Å². The number of halogens is 1. The van der Waals surface area contributed by atoms with Crippen LogP contribution in [0.4, 0.5) is 4.39 Å². The number of benzene rings is 1. The maximum atomic E-state index is 12.8. The largest absolute Gasteiger partial charge is 0.493 e. The highest BCUT2D eigenvalue weighted by atomic mass is 19.1. The van der Waals surface area contributed by atoms with Crippen LogP contribution in [0.5, 0.6) is 5.88 Å². The molecule has 0 aliphatic rings. The monoisotopic (exact) mass is 229 g/mol. The summed E-state index contributed by atoms with van der Waals surface area (Å²) in [6.45, 7) is 0. The van der Waals surface area contributed by atoms with Gasteiger partial charge in [0.1, 0.15) is 11.5 Å². The van der Waals surface area contributed by atoms with Gasteiger partial charge in [0.25, 0.3) is 0 Å². The molecule has 0 unspecified atom stereocenters. The second kappa shape index (κ2) is 3.55. The van der Waals surface area contributed by atoms with E-state index in [-0.39, 0.29) is 11.7 Å². The minimum Gasteiger partial charge on any atom is -0.493 e. The van der Waals surface area contributed by atoms with E-state index in [1.54, 1.807) is 30.7 Å². The van der Waals surface area contributed by atoms with E-state index in [9.17, 15) is 9.50 Å². The summed E-state index contributed by atoms with van der Waals surface area (Å²) in [7, 11) is 0. The number of aromatic nitrogens is 3. The molecule has 0 aliphatic heterocycles. The average Bonchev–Trinajstić information content (AvgIpc) is 2.69. The number of hydrogen-bond donors (Lipinski definition) is 1. The van der Waals surface area contributed by atoms with Crippen molar-refractivity contribution in [2.75, 3.05) is 0 Å². The van der Waals surface area contributed by atoms with Gasteiger partial charge in [-0.25, -0.2) is 9.37 Å². The van der Waals surface area contributed by atoms with Crippen molar-refractivity contribution in [2.45, 2.75) is 0 Å². The number of fused-ring (bicyclic) bond motifs is 1. The molecule has 5 heteroatoms. The lowest BCUT2D eigenvalue weighted by molar-refractivity contribution is 0.450. The Morgan fingerprint density at radius 1 is 1.18 bits per heavy atom. The standard InChI is InChI=1S/C12H8FN3O/c13-9-3-1-8(2-4-9)11-12(17)16-6-5-14-7-10(16)15-11/h1-7,17H. The summed E-state index contributed by atoms with van der Waals surface area (Å²) in [4.78, 5) is 8.16. The van der Waals surface area contributed by atoms with Crippen molar-refractivity contribution >= 4 is 5.65 Å². The second-order valence-corrected chi connectivity index (χ2v) is 3.60. The van der Waals surface area contributed by atoms with Crippen molar-refractivity contribution in [3.63, 3.8) is 0 Å². The van der Waals surface area contributed by atoms with Crippen LogP contribution in [0.1, 0.15) is 0 Å². The smallest absolute Gasteiger partial charge is 0.224 e. The SMILES string of the molecule is Oc1c(-c2ccc(F)cc2)nc2cnccn12. The molecule has 0 atom stereocenters. The Kier molecular flexibility index (Phi) is 2.04. The molecule has 17 heavy (non-hydrogen) atoms. The van der Waals surface area contributed by atoms with E-state index in [2.05, 4.69) is 9.97 Å². The van der Waals surface area contributed by atoms with Crippen LogP contribution in [-0.2, 0) is 0 Å². The molecule has 0 fully saturated rings. The molecule has 1 aromatic carbocycles. The summed E-state index contributed by atoms with van der Waals surface area (Å²) in [5.41, 5.74) is 1.62. The Morgan fingerprint density at radius 3 is 2.65 bits per heavy atom.